The lowest BCUT2D eigenvalue weighted by Crippen LogP contribution is -2.04. The Kier molecular flexibility index (Phi) is 2.54. The van der Waals surface area contributed by atoms with Gasteiger partial charge in [-0.05, 0) is 6.92 Å². The van der Waals surface area contributed by atoms with E-state index in [1.807, 2.05) is 6.92 Å². The predicted octanol–water partition coefficient (Wildman–Crippen LogP) is 1.43. The van der Waals surface area contributed by atoms with Crippen molar-refractivity contribution in [3.63, 3.8) is 0 Å². The monoisotopic (exact) mass is 173 g/mol. The SMILES string of the molecule is CCOc1[nH]ccc(=O)c1Cl. The molecule has 0 unspecified atom stereocenters. The average molecular weight is 174 g/mol. The Morgan fingerprint density at radius 2 is 2.45 bits per heavy atom. The van der Waals surface area contributed by atoms with Gasteiger partial charge in [0.05, 0.1) is 6.61 Å². The summed E-state index contributed by atoms with van der Waals surface area (Å²) < 4.78 is 5.03. The minimum absolute atomic E-state index is 0.106. The average Bonchev–Trinajstić information content (AvgIpc) is 1.99. The third-order valence-electron chi connectivity index (χ3n) is 1.15. The van der Waals surface area contributed by atoms with Crippen LogP contribution in [0.2, 0.25) is 5.02 Å². The van der Waals surface area contributed by atoms with E-state index in [2.05, 4.69) is 4.98 Å². The van der Waals surface area contributed by atoms with Gasteiger partial charge in [-0.3, -0.25) is 4.79 Å². The summed E-state index contributed by atoms with van der Waals surface area (Å²) in [6.45, 7) is 2.31. The highest BCUT2D eigenvalue weighted by atomic mass is 35.5. The molecule has 1 aromatic rings. The zero-order valence-electron chi connectivity index (χ0n) is 6.06. The molecule has 0 aliphatic heterocycles. The number of rotatable bonds is 2. The number of nitrogens with one attached hydrogen (secondary N) is 1. The summed E-state index contributed by atoms with van der Waals surface area (Å²) in [6, 6.07) is 1.35. The van der Waals surface area contributed by atoms with E-state index in [1.54, 1.807) is 0 Å². The summed E-state index contributed by atoms with van der Waals surface area (Å²) in [5, 5.41) is 0.106. The number of ether oxygens (including phenoxy) is 1. The van der Waals surface area contributed by atoms with Crippen LogP contribution in [0.25, 0.3) is 0 Å². The highest BCUT2D eigenvalue weighted by molar-refractivity contribution is 6.31. The van der Waals surface area contributed by atoms with Crippen LogP contribution in [0.1, 0.15) is 6.92 Å². The second-order valence-corrected chi connectivity index (χ2v) is 2.30. The molecule has 0 amide bonds. The van der Waals surface area contributed by atoms with Gasteiger partial charge in [-0.25, -0.2) is 0 Å². The topological polar surface area (TPSA) is 42.1 Å². The number of pyridine rings is 1. The van der Waals surface area contributed by atoms with Gasteiger partial charge in [-0.15, -0.1) is 0 Å². The second kappa shape index (κ2) is 3.44. The van der Waals surface area contributed by atoms with Crippen LogP contribution in [0.4, 0.5) is 0 Å². The number of hydrogen-bond donors (Lipinski definition) is 1. The van der Waals surface area contributed by atoms with Gasteiger partial charge in [0, 0.05) is 12.3 Å². The largest absolute Gasteiger partial charge is 0.478 e. The Balaban J connectivity index is 3.06. The van der Waals surface area contributed by atoms with Crippen LogP contribution < -0.4 is 10.2 Å². The lowest BCUT2D eigenvalue weighted by atomic mass is 10.5. The molecule has 0 bridgehead atoms. The standard InChI is InChI=1S/C7H8ClNO2/c1-2-11-7-6(8)5(10)3-4-9-7/h3-4H,2H2,1H3,(H,9,10). The smallest absolute Gasteiger partial charge is 0.214 e. The Bertz CT molecular complexity index is 295. The number of aromatic nitrogens is 1. The number of H-pyrrole nitrogens is 1. The fraction of sp³-hybridized carbons (Fsp3) is 0.286. The van der Waals surface area contributed by atoms with Crippen molar-refractivity contribution in [1.29, 1.82) is 0 Å². The molecule has 0 radical (unpaired) electrons. The van der Waals surface area contributed by atoms with Crippen molar-refractivity contribution >= 4 is 11.6 Å². The van der Waals surface area contributed by atoms with E-state index < -0.39 is 0 Å². The first kappa shape index (κ1) is 8.14. The molecule has 0 spiro atoms. The van der Waals surface area contributed by atoms with Crippen molar-refractivity contribution in [2.24, 2.45) is 0 Å². The van der Waals surface area contributed by atoms with E-state index in [0.29, 0.717) is 12.5 Å². The fourth-order valence-electron chi connectivity index (χ4n) is 0.691. The zero-order chi connectivity index (χ0) is 8.27. The van der Waals surface area contributed by atoms with Crippen molar-refractivity contribution in [2.45, 2.75) is 6.92 Å². The summed E-state index contributed by atoms with van der Waals surface area (Å²) in [4.78, 5) is 13.6. The molecule has 0 atom stereocenters. The third kappa shape index (κ3) is 1.74. The summed E-state index contributed by atoms with van der Waals surface area (Å²) in [7, 11) is 0. The van der Waals surface area contributed by atoms with E-state index >= 15 is 0 Å². The van der Waals surface area contributed by atoms with Crippen LogP contribution in [-0.2, 0) is 0 Å². The van der Waals surface area contributed by atoms with Gasteiger partial charge >= 0.3 is 0 Å². The van der Waals surface area contributed by atoms with E-state index in [0.717, 1.165) is 0 Å². The highest BCUT2D eigenvalue weighted by Gasteiger charge is 2.02. The maximum absolute atomic E-state index is 10.9. The van der Waals surface area contributed by atoms with Crippen molar-refractivity contribution in [1.82, 2.24) is 4.98 Å². The van der Waals surface area contributed by atoms with Gasteiger partial charge in [0.1, 0.15) is 5.02 Å². The first-order chi connectivity index (χ1) is 5.25. The summed E-state index contributed by atoms with van der Waals surface area (Å²) in [6.07, 6.45) is 1.50. The van der Waals surface area contributed by atoms with Gasteiger partial charge in [0.25, 0.3) is 0 Å². The number of aromatic amines is 1. The van der Waals surface area contributed by atoms with E-state index in [4.69, 9.17) is 16.3 Å². The van der Waals surface area contributed by atoms with Crippen molar-refractivity contribution in [2.75, 3.05) is 6.61 Å². The quantitative estimate of drug-likeness (QED) is 0.735. The second-order valence-electron chi connectivity index (χ2n) is 1.92. The fourth-order valence-corrected chi connectivity index (χ4v) is 0.863. The zero-order valence-corrected chi connectivity index (χ0v) is 6.81. The lowest BCUT2D eigenvalue weighted by Gasteiger charge is -2.02. The Morgan fingerprint density at radius 1 is 1.73 bits per heavy atom. The molecule has 1 N–H and O–H groups in total. The third-order valence-corrected chi connectivity index (χ3v) is 1.51. The van der Waals surface area contributed by atoms with Gasteiger partial charge in [0.2, 0.25) is 11.3 Å². The molecule has 3 nitrogen and oxygen atoms in total. The van der Waals surface area contributed by atoms with Gasteiger partial charge in [-0.1, -0.05) is 11.6 Å². The summed E-state index contributed by atoms with van der Waals surface area (Å²) in [5.74, 6) is 0.335. The Morgan fingerprint density at radius 3 is 3.09 bits per heavy atom. The molecule has 1 aromatic heterocycles. The van der Waals surface area contributed by atoms with Crippen molar-refractivity contribution in [3.8, 4) is 5.88 Å². The van der Waals surface area contributed by atoms with Gasteiger partial charge in [-0.2, -0.15) is 0 Å². The number of halogens is 1. The maximum atomic E-state index is 10.9. The van der Waals surface area contributed by atoms with E-state index in [-0.39, 0.29) is 10.5 Å². The molecule has 11 heavy (non-hydrogen) atoms. The highest BCUT2D eigenvalue weighted by Crippen LogP contribution is 2.14. The van der Waals surface area contributed by atoms with E-state index in [9.17, 15) is 4.79 Å². The van der Waals surface area contributed by atoms with Crippen LogP contribution in [0.15, 0.2) is 17.1 Å². The van der Waals surface area contributed by atoms with Crippen LogP contribution in [0.3, 0.4) is 0 Å². The molecule has 0 fully saturated rings. The minimum atomic E-state index is -0.228. The van der Waals surface area contributed by atoms with Crippen molar-refractivity contribution < 1.29 is 4.74 Å². The van der Waals surface area contributed by atoms with Crippen LogP contribution >= 0.6 is 11.6 Å². The molecule has 0 saturated carbocycles. The summed E-state index contributed by atoms with van der Waals surface area (Å²) >= 11 is 5.60. The molecule has 0 saturated heterocycles. The first-order valence-electron chi connectivity index (χ1n) is 3.25. The lowest BCUT2D eigenvalue weighted by molar-refractivity contribution is 0.327. The molecule has 1 heterocycles. The number of hydrogen-bond acceptors (Lipinski definition) is 2. The van der Waals surface area contributed by atoms with Gasteiger partial charge < -0.3 is 9.72 Å². The van der Waals surface area contributed by atoms with Crippen LogP contribution in [-0.4, -0.2) is 11.6 Å². The molecule has 60 valence electrons. The van der Waals surface area contributed by atoms with Crippen molar-refractivity contribution in [3.05, 3.63) is 27.5 Å². The molecular formula is C7H8ClNO2. The first-order valence-corrected chi connectivity index (χ1v) is 3.63. The Labute approximate surface area is 69.0 Å². The van der Waals surface area contributed by atoms with Crippen LogP contribution in [0, 0.1) is 0 Å². The van der Waals surface area contributed by atoms with E-state index in [1.165, 1.54) is 12.3 Å². The molecule has 4 heteroatoms. The maximum Gasteiger partial charge on any atom is 0.214 e. The minimum Gasteiger partial charge on any atom is -0.478 e. The molecule has 0 aromatic carbocycles. The molecule has 0 aliphatic carbocycles. The van der Waals surface area contributed by atoms with Gasteiger partial charge in [0.15, 0.2) is 0 Å². The molecular weight excluding hydrogens is 166 g/mol. The van der Waals surface area contributed by atoms with Crippen LogP contribution in [0.5, 0.6) is 5.88 Å². The predicted molar refractivity (Wildman–Crippen MR) is 43.2 cm³/mol. The molecule has 1 rings (SSSR count). The molecule has 0 aliphatic rings. The normalized spacial score (nSPS) is 9.64. The summed E-state index contributed by atoms with van der Waals surface area (Å²) in [5.41, 5.74) is -0.228. The Hall–Kier alpha value is -0.960.